The van der Waals surface area contributed by atoms with E-state index in [2.05, 4.69) is 5.32 Å². The number of rotatable bonds is 7. The molecule has 1 fully saturated rings. The molecular weight excluding hydrogens is 304 g/mol. The first kappa shape index (κ1) is 18.7. The van der Waals surface area contributed by atoms with Crippen molar-refractivity contribution in [1.82, 2.24) is 0 Å². The molecule has 22 heavy (non-hydrogen) atoms. The third-order valence-electron chi connectivity index (χ3n) is 3.77. The maximum absolute atomic E-state index is 12.0. The standard InChI is InChI=1S/C16H24N2O3.ClH/c1-20-13(11-17)10-16(19)18-14-8-4-5-9-15(14)21-12-6-2-3-7-12;/h4-5,8-9,12-13H,2-3,6-7,10-11,17H2,1H3,(H,18,19);1H. The zero-order valence-electron chi connectivity index (χ0n) is 12.9. The summed E-state index contributed by atoms with van der Waals surface area (Å²) in [7, 11) is 1.56. The van der Waals surface area contributed by atoms with Crippen LogP contribution in [0.3, 0.4) is 0 Å². The molecule has 124 valence electrons. The van der Waals surface area contributed by atoms with Crippen molar-refractivity contribution in [1.29, 1.82) is 0 Å². The fourth-order valence-corrected chi connectivity index (χ4v) is 2.53. The van der Waals surface area contributed by atoms with E-state index in [1.165, 1.54) is 12.8 Å². The Hall–Kier alpha value is -1.30. The van der Waals surface area contributed by atoms with E-state index in [-0.39, 0.29) is 36.9 Å². The molecule has 1 aromatic carbocycles. The van der Waals surface area contributed by atoms with Crippen molar-refractivity contribution in [2.45, 2.75) is 44.3 Å². The van der Waals surface area contributed by atoms with Gasteiger partial charge < -0.3 is 20.5 Å². The summed E-state index contributed by atoms with van der Waals surface area (Å²) in [6, 6.07) is 7.54. The minimum atomic E-state index is -0.257. The van der Waals surface area contributed by atoms with Gasteiger partial charge in [0.15, 0.2) is 0 Å². The van der Waals surface area contributed by atoms with Gasteiger partial charge in [0.1, 0.15) is 5.75 Å². The Morgan fingerprint density at radius 3 is 2.68 bits per heavy atom. The monoisotopic (exact) mass is 328 g/mol. The van der Waals surface area contributed by atoms with E-state index in [4.69, 9.17) is 15.2 Å². The maximum atomic E-state index is 12.0. The van der Waals surface area contributed by atoms with E-state index in [0.29, 0.717) is 12.2 Å². The van der Waals surface area contributed by atoms with Crippen molar-refractivity contribution in [3.63, 3.8) is 0 Å². The summed E-state index contributed by atoms with van der Waals surface area (Å²) in [5.74, 6) is 0.620. The maximum Gasteiger partial charge on any atom is 0.227 e. The molecule has 1 amide bonds. The minimum Gasteiger partial charge on any atom is -0.488 e. The van der Waals surface area contributed by atoms with Crippen molar-refractivity contribution >= 4 is 24.0 Å². The van der Waals surface area contributed by atoms with Crippen LogP contribution in [0, 0.1) is 0 Å². The molecule has 3 N–H and O–H groups in total. The molecule has 0 bridgehead atoms. The summed E-state index contributed by atoms with van der Waals surface area (Å²) in [5, 5.41) is 2.88. The number of halogens is 1. The molecule has 0 saturated heterocycles. The Kier molecular flexibility index (Phi) is 8.24. The van der Waals surface area contributed by atoms with Crippen LogP contribution in [0.2, 0.25) is 0 Å². The second-order valence-electron chi connectivity index (χ2n) is 5.37. The quantitative estimate of drug-likeness (QED) is 0.807. The summed E-state index contributed by atoms with van der Waals surface area (Å²) in [6.07, 6.45) is 4.84. The molecule has 0 aromatic heterocycles. The highest BCUT2D eigenvalue weighted by molar-refractivity contribution is 5.92. The van der Waals surface area contributed by atoms with Crippen LogP contribution in [-0.2, 0) is 9.53 Å². The molecule has 1 aliphatic rings. The molecule has 1 atom stereocenters. The molecule has 5 nitrogen and oxygen atoms in total. The summed E-state index contributed by atoms with van der Waals surface area (Å²) in [4.78, 5) is 12.0. The number of nitrogens with two attached hydrogens (primary N) is 1. The number of para-hydroxylation sites is 2. The van der Waals surface area contributed by atoms with E-state index in [0.717, 1.165) is 18.6 Å². The zero-order valence-corrected chi connectivity index (χ0v) is 13.7. The number of benzene rings is 1. The first-order valence-electron chi connectivity index (χ1n) is 7.51. The number of hydrogen-bond donors (Lipinski definition) is 2. The molecule has 0 radical (unpaired) electrons. The fraction of sp³-hybridized carbons (Fsp3) is 0.562. The molecule has 0 spiro atoms. The lowest BCUT2D eigenvalue weighted by molar-refractivity contribution is -0.118. The van der Waals surface area contributed by atoms with E-state index < -0.39 is 0 Å². The average Bonchev–Trinajstić information content (AvgIpc) is 3.00. The lowest BCUT2D eigenvalue weighted by atomic mass is 10.2. The highest BCUT2D eigenvalue weighted by Crippen LogP contribution is 2.29. The van der Waals surface area contributed by atoms with E-state index in [1.807, 2.05) is 24.3 Å². The Bertz CT molecular complexity index is 460. The number of anilines is 1. The predicted molar refractivity (Wildman–Crippen MR) is 89.7 cm³/mol. The van der Waals surface area contributed by atoms with Gasteiger partial charge in [0.2, 0.25) is 5.91 Å². The molecule has 2 rings (SSSR count). The van der Waals surface area contributed by atoms with Crippen molar-refractivity contribution in [2.75, 3.05) is 19.0 Å². The van der Waals surface area contributed by atoms with Crippen molar-refractivity contribution in [3.05, 3.63) is 24.3 Å². The van der Waals surface area contributed by atoms with Gasteiger partial charge in [-0.1, -0.05) is 12.1 Å². The molecular formula is C16H25ClN2O3. The SMILES string of the molecule is COC(CN)CC(=O)Nc1ccccc1OC1CCCC1.Cl. The van der Waals surface area contributed by atoms with Crippen LogP contribution in [-0.4, -0.2) is 31.8 Å². The Morgan fingerprint density at radius 2 is 2.05 bits per heavy atom. The Balaban J connectivity index is 0.00000242. The number of hydrogen-bond acceptors (Lipinski definition) is 4. The van der Waals surface area contributed by atoms with E-state index in [9.17, 15) is 4.79 Å². The van der Waals surface area contributed by atoms with Crippen molar-refractivity contribution in [2.24, 2.45) is 5.73 Å². The number of amides is 1. The van der Waals surface area contributed by atoms with Gasteiger partial charge >= 0.3 is 0 Å². The largest absolute Gasteiger partial charge is 0.488 e. The van der Waals surface area contributed by atoms with Gasteiger partial charge in [-0.2, -0.15) is 0 Å². The summed E-state index contributed by atoms with van der Waals surface area (Å²) >= 11 is 0. The molecule has 0 heterocycles. The van der Waals surface area contributed by atoms with Crippen LogP contribution in [0.5, 0.6) is 5.75 Å². The number of methoxy groups -OCH3 is 1. The molecule has 6 heteroatoms. The lowest BCUT2D eigenvalue weighted by Gasteiger charge is -2.18. The molecule has 1 saturated carbocycles. The topological polar surface area (TPSA) is 73.6 Å². The number of nitrogens with one attached hydrogen (secondary N) is 1. The van der Waals surface area contributed by atoms with Gasteiger partial charge in [0.25, 0.3) is 0 Å². The molecule has 0 aliphatic heterocycles. The van der Waals surface area contributed by atoms with E-state index in [1.54, 1.807) is 7.11 Å². The Labute approximate surface area is 138 Å². The smallest absolute Gasteiger partial charge is 0.227 e. The van der Waals surface area contributed by atoms with Crippen LogP contribution in [0.4, 0.5) is 5.69 Å². The second kappa shape index (κ2) is 9.66. The first-order chi connectivity index (χ1) is 10.2. The highest BCUT2D eigenvalue weighted by Gasteiger charge is 2.19. The van der Waals surface area contributed by atoms with Crippen molar-refractivity contribution < 1.29 is 14.3 Å². The van der Waals surface area contributed by atoms with E-state index >= 15 is 0 Å². The van der Waals surface area contributed by atoms with Gasteiger partial charge in [0.05, 0.1) is 24.3 Å². The van der Waals surface area contributed by atoms with Crippen molar-refractivity contribution in [3.8, 4) is 5.75 Å². The second-order valence-corrected chi connectivity index (χ2v) is 5.37. The number of carbonyl (C=O) groups is 1. The first-order valence-corrected chi connectivity index (χ1v) is 7.51. The minimum absolute atomic E-state index is 0. The zero-order chi connectivity index (χ0) is 15.1. The predicted octanol–water partition coefficient (Wildman–Crippen LogP) is 2.73. The van der Waals surface area contributed by atoms with Crippen LogP contribution < -0.4 is 15.8 Å². The number of ether oxygens (including phenoxy) is 2. The van der Waals surface area contributed by atoms with Gasteiger partial charge in [-0.15, -0.1) is 12.4 Å². The van der Waals surface area contributed by atoms with Gasteiger partial charge in [-0.3, -0.25) is 4.79 Å². The van der Waals surface area contributed by atoms with Crippen LogP contribution in [0.15, 0.2) is 24.3 Å². The van der Waals surface area contributed by atoms with Crippen LogP contribution >= 0.6 is 12.4 Å². The summed E-state index contributed by atoms with van der Waals surface area (Å²) in [5.41, 5.74) is 6.24. The number of carbonyl (C=O) groups excluding carboxylic acids is 1. The average molecular weight is 329 g/mol. The highest BCUT2D eigenvalue weighted by atomic mass is 35.5. The fourth-order valence-electron chi connectivity index (χ4n) is 2.53. The summed E-state index contributed by atoms with van der Waals surface area (Å²) < 4.78 is 11.1. The lowest BCUT2D eigenvalue weighted by Crippen LogP contribution is -2.28. The molecule has 1 unspecified atom stereocenters. The van der Waals surface area contributed by atoms with Gasteiger partial charge in [-0.25, -0.2) is 0 Å². The van der Waals surface area contributed by atoms with Gasteiger partial charge in [-0.05, 0) is 37.8 Å². The normalized spacial score (nSPS) is 15.9. The van der Waals surface area contributed by atoms with Crippen LogP contribution in [0.1, 0.15) is 32.1 Å². The van der Waals surface area contributed by atoms with Gasteiger partial charge in [0, 0.05) is 13.7 Å². The third kappa shape index (κ3) is 5.48. The molecule has 1 aliphatic carbocycles. The Morgan fingerprint density at radius 1 is 1.36 bits per heavy atom. The third-order valence-corrected chi connectivity index (χ3v) is 3.77. The summed E-state index contributed by atoms with van der Waals surface area (Å²) in [6.45, 7) is 0.324. The molecule has 1 aromatic rings. The van der Waals surface area contributed by atoms with Crippen LogP contribution in [0.25, 0.3) is 0 Å².